The van der Waals surface area contributed by atoms with Gasteiger partial charge >= 0.3 is 5.97 Å². The van der Waals surface area contributed by atoms with Crippen molar-refractivity contribution < 1.29 is 28.5 Å². The second-order valence-corrected chi connectivity index (χ2v) is 3.92. The molecule has 0 unspecified atom stereocenters. The second kappa shape index (κ2) is 6.30. The summed E-state index contributed by atoms with van der Waals surface area (Å²) in [6, 6.07) is 0. The molecule has 0 aromatic carbocycles. The Morgan fingerprint density at radius 1 is 1.00 bits per heavy atom. The van der Waals surface area contributed by atoms with Gasteiger partial charge in [-0.2, -0.15) is 0 Å². The first kappa shape index (κ1) is 14.4. The largest absolute Gasteiger partial charge is 0.457 e. The first-order chi connectivity index (χ1) is 8.04. The highest BCUT2D eigenvalue weighted by Crippen LogP contribution is 2.27. The van der Waals surface area contributed by atoms with Crippen LogP contribution >= 0.6 is 0 Å². The van der Waals surface area contributed by atoms with Gasteiger partial charge < -0.3 is 23.7 Å². The van der Waals surface area contributed by atoms with Gasteiger partial charge in [0.25, 0.3) is 0 Å². The molecule has 0 aliphatic carbocycles. The highest BCUT2D eigenvalue weighted by atomic mass is 16.7. The van der Waals surface area contributed by atoms with Gasteiger partial charge in [-0.15, -0.1) is 0 Å². The van der Waals surface area contributed by atoms with Crippen LogP contribution in [0.15, 0.2) is 0 Å². The van der Waals surface area contributed by atoms with Crippen molar-refractivity contribution in [1.29, 1.82) is 0 Å². The molecular formula is C11H20O6. The quantitative estimate of drug-likeness (QED) is 0.668. The lowest BCUT2D eigenvalue weighted by atomic mass is 9.99. The molecule has 0 amide bonds. The summed E-state index contributed by atoms with van der Waals surface area (Å²) < 4.78 is 26.6. The van der Waals surface area contributed by atoms with Crippen molar-refractivity contribution in [3.05, 3.63) is 0 Å². The summed E-state index contributed by atoms with van der Waals surface area (Å²) in [4.78, 5) is 11.1. The van der Waals surface area contributed by atoms with E-state index in [1.807, 2.05) is 0 Å². The lowest BCUT2D eigenvalue weighted by molar-refractivity contribution is -0.297. The molecule has 1 fully saturated rings. The van der Waals surface area contributed by atoms with Gasteiger partial charge in [-0.1, -0.05) is 0 Å². The molecule has 6 nitrogen and oxygen atoms in total. The van der Waals surface area contributed by atoms with Crippen LogP contribution in [-0.2, 0) is 28.5 Å². The highest BCUT2D eigenvalue weighted by Gasteiger charge is 2.47. The van der Waals surface area contributed by atoms with Gasteiger partial charge in [0.2, 0.25) is 0 Å². The van der Waals surface area contributed by atoms with Crippen molar-refractivity contribution in [2.45, 2.75) is 44.6 Å². The van der Waals surface area contributed by atoms with Gasteiger partial charge in [0, 0.05) is 28.3 Å². The predicted octanol–water partition coefficient (Wildman–Crippen LogP) is 0.339. The molecule has 1 heterocycles. The Balaban J connectivity index is 2.86. The minimum Gasteiger partial charge on any atom is -0.457 e. The molecule has 1 saturated heterocycles. The van der Waals surface area contributed by atoms with E-state index in [9.17, 15) is 4.79 Å². The van der Waals surface area contributed by atoms with Gasteiger partial charge in [0.05, 0.1) is 6.10 Å². The minimum absolute atomic E-state index is 0.319. The van der Waals surface area contributed by atoms with Crippen molar-refractivity contribution in [3.63, 3.8) is 0 Å². The highest BCUT2D eigenvalue weighted by molar-refractivity contribution is 5.66. The SMILES string of the molecule is CO[C@H]1O[C@@H](C)[C@@H](OC(C)=O)[C@@H](OC)[C@@H]1OC. The Hall–Kier alpha value is -0.690. The average molecular weight is 248 g/mol. The number of methoxy groups -OCH3 is 3. The van der Waals surface area contributed by atoms with Crippen molar-refractivity contribution >= 4 is 5.97 Å². The molecule has 100 valence electrons. The Labute approximate surface area is 101 Å². The first-order valence-corrected chi connectivity index (χ1v) is 5.46. The Morgan fingerprint density at radius 3 is 2.00 bits per heavy atom. The molecule has 1 rings (SSSR count). The van der Waals surface area contributed by atoms with Crippen molar-refractivity contribution in [3.8, 4) is 0 Å². The third-order valence-electron chi connectivity index (χ3n) is 2.81. The van der Waals surface area contributed by atoms with E-state index in [1.54, 1.807) is 6.92 Å². The van der Waals surface area contributed by atoms with E-state index in [2.05, 4.69) is 0 Å². The lowest BCUT2D eigenvalue weighted by Gasteiger charge is -2.43. The molecule has 0 saturated carbocycles. The van der Waals surface area contributed by atoms with Crippen LogP contribution in [0.2, 0.25) is 0 Å². The summed E-state index contributed by atoms with van der Waals surface area (Å²) in [6.45, 7) is 3.15. The van der Waals surface area contributed by atoms with E-state index in [-0.39, 0.29) is 12.1 Å². The summed E-state index contributed by atoms with van der Waals surface area (Å²) >= 11 is 0. The zero-order chi connectivity index (χ0) is 13.0. The molecule has 0 spiro atoms. The number of hydrogen-bond donors (Lipinski definition) is 0. The molecule has 6 heteroatoms. The summed E-state index contributed by atoms with van der Waals surface area (Å²) in [6.07, 6.45) is -2.22. The standard InChI is InChI=1S/C11H20O6/c1-6-8(17-7(2)12)9(13-3)10(14-4)11(15-5)16-6/h6,8-11H,1-5H3/t6-,8+,9+,10-,11-/m0/s1. The molecule has 0 radical (unpaired) electrons. The zero-order valence-corrected chi connectivity index (χ0v) is 10.8. The Bertz CT molecular complexity index is 256. The van der Waals surface area contributed by atoms with Crippen LogP contribution in [-0.4, -0.2) is 58.0 Å². The minimum atomic E-state index is -0.535. The number of ether oxygens (including phenoxy) is 5. The van der Waals surface area contributed by atoms with Crippen LogP contribution in [0.5, 0.6) is 0 Å². The number of carbonyl (C=O) groups excluding carboxylic acids is 1. The maximum Gasteiger partial charge on any atom is 0.303 e. The Kier molecular flexibility index (Phi) is 5.32. The maximum absolute atomic E-state index is 11.1. The topological polar surface area (TPSA) is 63.2 Å². The molecular weight excluding hydrogens is 228 g/mol. The summed E-state index contributed by atoms with van der Waals surface area (Å²) in [5.41, 5.74) is 0. The number of esters is 1. The van der Waals surface area contributed by atoms with Crippen molar-refractivity contribution in [1.82, 2.24) is 0 Å². The number of hydrogen-bond acceptors (Lipinski definition) is 6. The van der Waals surface area contributed by atoms with Crippen molar-refractivity contribution in [2.24, 2.45) is 0 Å². The smallest absolute Gasteiger partial charge is 0.303 e. The fraction of sp³-hybridized carbons (Fsp3) is 0.909. The van der Waals surface area contributed by atoms with Gasteiger partial charge in [-0.05, 0) is 6.92 Å². The molecule has 1 aliphatic rings. The third kappa shape index (κ3) is 3.16. The number of rotatable bonds is 4. The van der Waals surface area contributed by atoms with Crippen LogP contribution in [0.3, 0.4) is 0 Å². The molecule has 5 atom stereocenters. The molecule has 0 N–H and O–H groups in total. The summed E-state index contributed by atoms with van der Waals surface area (Å²) in [5.74, 6) is -0.377. The van der Waals surface area contributed by atoms with Crippen LogP contribution in [0.25, 0.3) is 0 Å². The van der Waals surface area contributed by atoms with Gasteiger partial charge in [-0.3, -0.25) is 4.79 Å². The predicted molar refractivity (Wildman–Crippen MR) is 58.5 cm³/mol. The van der Waals surface area contributed by atoms with E-state index in [0.717, 1.165) is 0 Å². The molecule has 0 bridgehead atoms. The van der Waals surface area contributed by atoms with Crippen LogP contribution in [0.1, 0.15) is 13.8 Å². The average Bonchev–Trinajstić information content (AvgIpc) is 2.30. The molecule has 0 aromatic heterocycles. The van der Waals surface area contributed by atoms with E-state index < -0.39 is 24.6 Å². The van der Waals surface area contributed by atoms with Crippen molar-refractivity contribution in [2.75, 3.05) is 21.3 Å². The zero-order valence-electron chi connectivity index (χ0n) is 10.8. The van der Waals surface area contributed by atoms with E-state index in [1.165, 1.54) is 28.3 Å². The monoisotopic (exact) mass is 248 g/mol. The van der Waals surface area contributed by atoms with Gasteiger partial charge in [0.1, 0.15) is 12.2 Å². The third-order valence-corrected chi connectivity index (χ3v) is 2.81. The maximum atomic E-state index is 11.1. The van der Waals surface area contributed by atoms with Crippen LogP contribution in [0, 0.1) is 0 Å². The normalized spacial score (nSPS) is 37.8. The first-order valence-electron chi connectivity index (χ1n) is 5.46. The second-order valence-electron chi connectivity index (χ2n) is 3.92. The van der Waals surface area contributed by atoms with Gasteiger partial charge in [-0.25, -0.2) is 0 Å². The number of carbonyl (C=O) groups is 1. The summed E-state index contributed by atoms with van der Waals surface area (Å²) in [7, 11) is 4.60. The molecule has 17 heavy (non-hydrogen) atoms. The van der Waals surface area contributed by atoms with Crippen LogP contribution in [0.4, 0.5) is 0 Å². The summed E-state index contributed by atoms with van der Waals surface area (Å²) in [5, 5.41) is 0. The lowest BCUT2D eigenvalue weighted by Crippen LogP contribution is -2.59. The fourth-order valence-corrected chi connectivity index (χ4v) is 2.03. The van der Waals surface area contributed by atoms with Crippen LogP contribution < -0.4 is 0 Å². The molecule has 0 aromatic rings. The fourth-order valence-electron chi connectivity index (χ4n) is 2.03. The van der Waals surface area contributed by atoms with E-state index in [0.29, 0.717) is 0 Å². The van der Waals surface area contributed by atoms with E-state index >= 15 is 0 Å². The Morgan fingerprint density at radius 2 is 1.59 bits per heavy atom. The molecule has 1 aliphatic heterocycles. The van der Waals surface area contributed by atoms with E-state index in [4.69, 9.17) is 23.7 Å². The van der Waals surface area contributed by atoms with Gasteiger partial charge in [0.15, 0.2) is 12.4 Å².